The molecule has 24 heavy (non-hydrogen) atoms. The minimum Gasteiger partial charge on any atom is -0.398 e. The van der Waals surface area contributed by atoms with Crippen molar-refractivity contribution in [2.24, 2.45) is 0 Å². The second-order valence-corrected chi connectivity index (χ2v) is 5.90. The number of nitrogens with two attached hydrogens (primary N) is 1. The van der Waals surface area contributed by atoms with Crippen LogP contribution >= 0.6 is 0 Å². The van der Waals surface area contributed by atoms with E-state index in [9.17, 15) is 9.59 Å². The molecule has 0 aliphatic carbocycles. The van der Waals surface area contributed by atoms with Crippen molar-refractivity contribution in [3.63, 3.8) is 0 Å². The molecular formula is C19H23N3O2. The van der Waals surface area contributed by atoms with Gasteiger partial charge in [-0.2, -0.15) is 0 Å². The molecule has 0 aliphatic rings. The minimum absolute atomic E-state index is 0.0775. The highest BCUT2D eigenvalue weighted by molar-refractivity contribution is 6.00. The zero-order valence-electron chi connectivity index (χ0n) is 14.2. The summed E-state index contributed by atoms with van der Waals surface area (Å²) in [6, 6.07) is 5.40. The van der Waals surface area contributed by atoms with Crippen molar-refractivity contribution in [1.29, 1.82) is 0 Å². The molecule has 0 bridgehead atoms. The smallest absolute Gasteiger partial charge is 0.259 e. The number of carbonyl (C=O) groups is 1. The summed E-state index contributed by atoms with van der Waals surface area (Å²) in [6.45, 7) is 12.0. The quantitative estimate of drug-likeness (QED) is 0.656. The van der Waals surface area contributed by atoms with Crippen LogP contribution in [0.5, 0.6) is 0 Å². The Morgan fingerprint density at radius 1 is 1.29 bits per heavy atom. The molecule has 0 saturated heterocycles. The normalized spacial score (nSPS) is 10.8. The molecule has 0 radical (unpaired) electrons. The van der Waals surface area contributed by atoms with Crippen LogP contribution in [0.1, 0.15) is 30.2 Å². The average Bonchev–Trinajstić information content (AvgIpc) is 2.54. The lowest BCUT2D eigenvalue weighted by atomic mass is 10.1. The fourth-order valence-corrected chi connectivity index (χ4v) is 2.72. The van der Waals surface area contributed by atoms with Crippen LogP contribution in [0.2, 0.25) is 0 Å². The number of anilines is 1. The molecule has 0 aliphatic heterocycles. The Kier molecular flexibility index (Phi) is 5.24. The number of benzene rings is 1. The third-order valence-electron chi connectivity index (χ3n) is 3.87. The summed E-state index contributed by atoms with van der Waals surface area (Å²) in [6.07, 6.45) is 4.87. The van der Waals surface area contributed by atoms with Gasteiger partial charge in [-0.1, -0.05) is 18.2 Å². The Balaban J connectivity index is 2.75. The first-order valence-corrected chi connectivity index (χ1v) is 7.86. The van der Waals surface area contributed by atoms with Gasteiger partial charge in [-0.15, -0.1) is 13.2 Å². The fourth-order valence-electron chi connectivity index (χ4n) is 2.72. The van der Waals surface area contributed by atoms with Crippen molar-refractivity contribution in [2.45, 2.75) is 19.9 Å². The zero-order valence-corrected chi connectivity index (χ0v) is 14.2. The van der Waals surface area contributed by atoms with E-state index in [1.165, 1.54) is 4.90 Å². The summed E-state index contributed by atoms with van der Waals surface area (Å²) < 4.78 is 1.90. The molecule has 5 heteroatoms. The standard InChI is InChI=1S/C19H23N3O2/c1-5-10-21(11-6-2)19(24)14-12-22(13(3)4)16-9-7-8-15(20)17(16)18(14)23/h5-9,12-13H,1-2,10-11,20H2,3-4H3. The number of aromatic nitrogens is 1. The third kappa shape index (κ3) is 3.11. The van der Waals surface area contributed by atoms with Crippen LogP contribution in [-0.2, 0) is 0 Å². The molecule has 0 unspecified atom stereocenters. The van der Waals surface area contributed by atoms with Crippen molar-refractivity contribution < 1.29 is 4.79 Å². The molecule has 2 N–H and O–H groups in total. The number of nitrogens with zero attached hydrogens (tertiary/aromatic N) is 2. The maximum Gasteiger partial charge on any atom is 0.259 e. The van der Waals surface area contributed by atoms with Gasteiger partial charge >= 0.3 is 0 Å². The highest BCUT2D eigenvalue weighted by Gasteiger charge is 2.21. The van der Waals surface area contributed by atoms with Gasteiger partial charge in [0.1, 0.15) is 5.56 Å². The molecular weight excluding hydrogens is 302 g/mol. The van der Waals surface area contributed by atoms with Gasteiger partial charge in [-0.25, -0.2) is 0 Å². The summed E-state index contributed by atoms with van der Waals surface area (Å²) in [4.78, 5) is 27.3. The van der Waals surface area contributed by atoms with Crippen molar-refractivity contribution in [1.82, 2.24) is 9.47 Å². The van der Waals surface area contributed by atoms with Crippen molar-refractivity contribution in [2.75, 3.05) is 18.8 Å². The van der Waals surface area contributed by atoms with Gasteiger partial charge in [0.2, 0.25) is 5.43 Å². The molecule has 0 atom stereocenters. The third-order valence-corrected chi connectivity index (χ3v) is 3.87. The monoisotopic (exact) mass is 325 g/mol. The van der Waals surface area contributed by atoms with Crippen molar-refractivity contribution in [3.8, 4) is 0 Å². The van der Waals surface area contributed by atoms with Crippen LogP contribution in [0.15, 0.2) is 54.5 Å². The van der Waals surface area contributed by atoms with Gasteiger partial charge in [0.15, 0.2) is 0 Å². The SMILES string of the molecule is C=CCN(CC=C)C(=O)c1cn(C(C)C)c2cccc(N)c2c1=O. The van der Waals surface area contributed by atoms with Crippen molar-refractivity contribution in [3.05, 3.63) is 65.5 Å². The lowest BCUT2D eigenvalue weighted by molar-refractivity contribution is 0.0789. The highest BCUT2D eigenvalue weighted by atomic mass is 16.2. The van der Waals surface area contributed by atoms with Crippen LogP contribution in [0.4, 0.5) is 5.69 Å². The summed E-state index contributed by atoms with van der Waals surface area (Å²) >= 11 is 0. The van der Waals surface area contributed by atoms with E-state index in [4.69, 9.17) is 5.73 Å². The van der Waals surface area contributed by atoms with Crippen LogP contribution in [-0.4, -0.2) is 28.5 Å². The van der Waals surface area contributed by atoms with E-state index in [0.29, 0.717) is 24.2 Å². The van der Waals surface area contributed by atoms with E-state index >= 15 is 0 Å². The maximum atomic E-state index is 12.9. The fraction of sp³-hybridized carbons (Fsp3) is 0.263. The number of pyridine rings is 1. The Morgan fingerprint density at radius 2 is 1.92 bits per heavy atom. The van der Waals surface area contributed by atoms with Gasteiger partial charge in [-0.05, 0) is 26.0 Å². The van der Waals surface area contributed by atoms with Gasteiger partial charge in [0.25, 0.3) is 5.91 Å². The van der Waals surface area contributed by atoms with E-state index in [-0.39, 0.29) is 22.9 Å². The molecule has 5 nitrogen and oxygen atoms in total. The van der Waals surface area contributed by atoms with E-state index in [1.807, 2.05) is 24.5 Å². The Hall–Kier alpha value is -2.82. The zero-order chi connectivity index (χ0) is 17.9. The molecule has 0 fully saturated rings. The number of nitrogen functional groups attached to an aromatic ring is 1. The van der Waals surface area contributed by atoms with Gasteiger partial charge in [0, 0.05) is 31.0 Å². The van der Waals surface area contributed by atoms with E-state index < -0.39 is 0 Å². The second kappa shape index (κ2) is 7.17. The number of hydrogen-bond donors (Lipinski definition) is 1. The van der Waals surface area contributed by atoms with Crippen LogP contribution < -0.4 is 11.2 Å². The average molecular weight is 325 g/mol. The summed E-state index contributed by atoms with van der Waals surface area (Å²) in [5.74, 6) is -0.348. The number of fused-ring (bicyclic) bond motifs is 1. The summed E-state index contributed by atoms with van der Waals surface area (Å²) in [5, 5.41) is 0.384. The molecule has 0 spiro atoms. The van der Waals surface area contributed by atoms with E-state index in [0.717, 1.165) is 5.52 Å². The van der Waals surface area contributed by atoms with Crippen LogP contribution in [0.25, 0.3) is 10.9 Å². The van der Waals surface area contributed by atoms with Gasteiger partial charge < -0.3 is 15.2 Å². The molecule has 1 amide bonds. The first-order chi connectivity index (χ1) is 11.4. The Bertz CT molecular complexity index is 840. The molecule has 1 aromatic heterocycles. The predicted octanol–water partition coefficient (Wildman–Crippen LogP) is 2.98. The van der Waals surface area contributed by atoms with Crippen molar-refractivity contribution >= 4 is 22.5 Å². The molecule has 2 aromatic rings. The number of rotatable bonds is 6. The molecule has 1 heterocycles. The van der Waals surface area contributed by atoms with E-state index in [1.54, 1.807) is 30.5 Å². The highest BCUT2D eigenvalue weighted by Crippen LogP contribution is 2.22. The first-order valence-electron chi connectivity index (χ1n) is 7.86. The maximum absolute atomic E-state index is 12.9. The van der Waals surface area contributed by atoms with Gasteiger partial charge in [-0.3, -0.25) is 9.59 Å². The summed E-state index contributed by atoms with van der Waals surface area (Å²) in [5.41, 5.74) is 6.89. The lowest BCUT2D eigenvalue weighted by Gasteiger charge is -2.22. The lowest BCUT2D eigenvalue weighted by Crippen LogP contribution is -2.35. The van der Waals surface area contributed by atoms with Crippen LogP contribution in [0, 0.1) is 0 Å². The second-order valence-electron chi connectivity index (χ2n) is 5.90. The molecule has 2 rings (SSSR count). The topological polar surface area (TPSA) is 68.3 Å². The largest absolute Gasteiger partial charge is 0.398 e. The molecule has 126 valence electrons. The van der Waals surface area contributed by atoms with E-state index in [2.05, 4.69) is 13.2 Å². The predicted molar refractivity (Wildman–Crippen MR) is 99.3 cm³/mol. The Labute approximate surface area is 141 Å². The summed E-state index contributed by atoms with van der Waals surface area (Å²) in [7, 11) is 0. The molecule has 0 saturated carbocycles. The number of hydrogen-bond acceptors (Lipinski definition) is 3. The minimum atomic E-state index is -0.348. The Morgan fingerprint density at radius 3 is 2.46 bits per heavy atom. The number of amides is 1. The van der Waals surface area contributed by atoms with Crippen LogP contribution in [0.3, 0.4) is 0 Å². The first kappa shape index (κ1) is 17.5. The van der Waals surface area contributed by atoms with Gasteiger partial charge in [0.05, 0.1) is 10.9 Å². The molecule has 1 aromatic carbocycles. The number of carbonyl (C=O) groups excluding carboxylic acids is 1.